The molecule has 18 heavy (non-hydrogen) atoms. The first-order chi connectivity index (χ1) is 8.70. The number of hydrogen-bond acceptors (Lipinski definition) is 4. The minimum absolute atomic E-state index is 0.0999. The summed E-state index contributed by atoms with van der Waals surface area (Å²) in [5, 5.41) is 12.2. The molecule has 5 heteroatoms. The van der Waals surface area contributed by atoms with E-state index in [0.717, 1.165) is 26.2 Å². The highest BCUT2D eigenvalue weighted by atomic mass is 16.4. The average molecular weight is 249 g/mol. The molecule has 2 rings (SSSR count). The molecule has 1 unspecified atom stereocenters. The Balaban J connectivity index is 1.92. The van der Waals surface area contributed by atoms with Crippen LogP contribution in [0.1, 0.15) is 23.8 Å². The highest BCUT2D eigenvalue weighted by Crippen LogP contribution is 2.18. The lowest BCUT2D eigenvalue weighted by Crippen LogP contribution is -2.23. The van der Waals surface area contributed by atoms with Crippen LogP contribution in [-0.2, 0) is 0 Å². The van der Waals surface area contributed by atoms with Crippen molar-refractivity contribution in [3.63, 3.8) is 0 Å². The fourth-order valence-electron chi connectivity index (χ4n) is 2.34. The van der Waals surface area contributed by atoms with E-state index in [0.29, 0.717) is 11.6 Å². The first kappa shape index (κ1) is 12.8. The molecule has 5 nitrogen and oxygen atoms in total. The van der Waals surface area contributed by atoms with Crippen LogP contribution in [0.4, 0.5) is 5.69 Å². The van der Waals surface area contributed by atoms with Crippen molar-refractivity contribution >= 4 is 11.7 Å². The lowest BCUT2D eigenvalue weighted by Gasteiger charge is -2.15. The highest BCUT2D eigenvalue weighted by molar-refractivity contribution is 5.91. The number of aromatic carboxylic acids is 1. The van der Waals surface area contributed by atoms with Crippen molar-refractivity contribution in [2.24, 2.45) is 5.92 Å². The van der Waals surface area contributed by atoms with Crippen LogP contribution in [0.2, 0.25) is 0 Å². The predicted octanol–water partition coefficient (Wildman–Crippen LogP) is 1.53. The van der Waals surface area contributed by atoms with Crippen LogP contribution in [0.25, 0.3) is 0 Å². The Hall–Kier alpha value is -1.62. The summed E-state index contributed by atoms with van der Waals surface area (Å²) in [6.07, 6.45) is 2.67. The van der Waals surface area contributed by atoms with Crippen molar-refractivity contribution in [2.75, 3.05) is 31.5 Å². The zero-order valence-electron chi connectivity index (χ0n) is 10.6. The number of rotatable bonds is 5. The van der Waals surface area contributed by atoms with E-state index in [1.807, 2.05) is 0 Å². The van der Waals surface area contributed by atoms with Gasteiger partial charge in [0, 0.05) is 19.3 Å². The van der Waals surface area contributed by atoms with Gasteiger partial charge in [-0.15, -0.1) is 0 Å². The molecule has 0 bridgehead atoms. The summed E-state index contributed by atoms with van der Waals surface area (Å²) in [6, 6.07) is 3.52. The second kappa shape index (κ2) is 5.82. The lowest BCUT2D eigenvalue weighted by molar-refractivity contribution is 0.0691. The molecule has 0 saturated carbocycles. The quantitative estimate of drug-likeness (QED) is 0.828. The van der Waals surface area contributed by atoms with Crippen molar-refractivity contribution in [3.8, 4) is 0 Å². The molecule has 2 heterocycles. The van der Waals surface area contributed by atoms with Crippen molar-refractivity contribution < 1.29 is 9.90 Å². The smallest absolute Gasteiger partial charge is 0.356 e. The van der Waals surface area contributed by atoms with Crippen molar-refractivity contribution in [3.05, 3.63) is 24.0 Å². The summed E-state index contributed by atoms with van der Waals surface area (Å²) in [6.45, 7) is 6.29. The molecule has 0 radical (unpaired) electrons. The third-order valence-corrected chi connectivity index (χ3v) is 3.41. The van der Waals surface area contributed by atoms with Crippen molar-refractivity contribution in [2.45, 2.75) is 13.3 Å². The first-order valence-corrected chi connectivity index (χ1v) is 6.35. The summed E-state index contributed by atoms with van der Waals surface area (Å²) in [4.78, 5) is 17.3. The van der Waals surface area contributed by atoms with E-state index < -0.39 is 5.97 Å². The standard InChI is InChI=1S/C13H19N3O2/c1-2-16-7-5-10(9-16)8-15-11-4-3-6-14-12(11)13(17)18/h3-4,6,10,15H,2,5,7-9H2,1H3,(H,17,18). The van der Waals surface area contributed by atoms with Crippen LogP contribution >= 0.6 is 0 Å². The summed E-state index contributed by atoms with van der Waals surface area (Å²) in [5.41, 5.74) is 0.711. The van der Waals surface area contributed by atoms with Gasteiger partial charge in [0.25, 0.3) is 0 Å². The molecule has 98 valence electrons. The monoisotopic (exact) mass is 249 g/mol. The number of carboxylic acids is 1. The molecule has 0 amide bonds. The van der Waals surface area contributed by atoms with Gasteiger partial charge in [0.2, 0.25) is 0 Å². The lowest BCUT2D eigenvalue weighted by atomic mass is 10.1. The average Bonchev–Trinajstić information content (AvgIpc) is 2.84. The Morgan fingerprint density at radius 3 is 3.17 bits per heavy atom. The van der Waals surface area contributed by atoms with E-state index in [4.69, 9.17) is 5.11 Å². The summed E-state index contributed by atoms with van der Waals surface area (Å²) >= 11 is 0. The molecular formula is C13H19N3O2. The van der Waals surface area contributed by atoms with Crippen LogP contribution < -0.4 is 5.32 Å². The summed E-state index contributed by atoms with van der Waals surface area (Å²) < 4.78 is 0. The minimum Gasteiger partial charge on any atom is -0.476 e. The van der Waals surface area contributed by atoms with Gasteiger partial charge in [0.05, 0.1) is 5.69 Å². The molecule has 0 aliphatic carbocycles. The molecule has 1 atom stereocenters. The van der Waals surface area contributed by atoms with Crippen molar-refractivity contribution in [1.29, 1.82) is 0 Å². The molecule has 1 aromatic heterocycles. The zero-order chi connectivity index (χ0) is 13.0. The Kier molecular flexibility index (Phi) is 4.15. The van der Waals surface area contributed by atoms with Crippen LogP contribution in [0.5, 0.6) is 0 Å². The molecule has 1 saturated heterocycles. The van der Waals surface area contributed by atoms with E-state index in [-0.39, 0.29) is 5.69 Å². The van der Waals surface area contributed by atoms with Gasteiger partial charge in [0.1, 0.15) is 0 Å². The van der Waals surface area contributed by atoms with Crippen LogP contribution in [0.3, 0.4) is 0 Å². The Labute approximate surface area is 107 Å². The van der Waals surface area contributed by atoms with E-state index in [1.165, 1.54) is 12.6 Å². The van der Waals surface area contributed by atoms with Crippen molar-refractivity contribution in [1.82, 2.24) is 9.88 Å². The maximum Gasteiger partial charge on any atom is 0.356 e. The van der Waals surface area contributed by atoms with E-state index in [9.17, 15) is 4.79 Å². The van der Waals surface area contributed by atoms with Gasteiger partial charge in [-0.25, -0.2) is 9.78 Å². The Morgan fingerprint density at radius 1 is 1.67 bits per heavy atom. The predicted molar refractivity (Wildman–Crippen MR) is 69.9 cm³/mol. The fourth-order valence-corrected chi connectivity index (χ4v) is 2.34. The molecule has 0 spiro atoms. The summed E-state index contributed by atoms with van der Waals surface area (Å²) in [5.74, 6) is -0.397. The van der Waals surface area contributed by atoms with Gasteiger partial charge in [-0.05, 0) is 37.6 Å². The number of carboxylic acid groups (broad SMARTS) is 1. The second-order valence-corrected chi connectivity index (χ2v) is 4.63. The van der Waals surface area contributed by atoms with Gasteiger partial charge >= 0.3 is 5.97 Å². The van der Waals surface area contributed by atoms with Gasteiger partial charge in [-0.2, -0.15) is 0 Å². The normalized spacial score (nSPS) is 19.9. The van der Waals surface area contributed by atoms with Crippen LogP contribution in [0, 0.1) is 5.92 Å². The number of nitrogens with one attached hydrogen (secondary N) is 1. The van der Waals surface area contributed by atoms with Gasteiger partial charge in [-0.1, -0.05) is 6.92 Å². The number of nitrogens with zero attached hydrogens (tertiary/aromatic N) is 2. The molecule has 0 aromatic carbocycles. The van der Waals surface area contributed by atoms with Gasteiger partial charge in [0.15, 0.2) is 5.69 Å². The zero-order valence-corrected chi connectivity index (χ0v) is 10.6. The van der Waals surface area contributed by atoms with E-state index in [2.05, 4.69) is 22.1 Å². The maximum atomic E-state index is 11.0. The molecule has 1 aliphatic rings. The molecule has 2 N–H and O–H groups in total. The van der Waals surface area contributed by atoms with E-state index >= 15 is 0 Å². The van der Waals surface area contributed by atoms with Gasteiger partial charge in [-0.3, -0.25) is 0 Å². The molecule has 1 fully saturated rings. The third kappa shape index (κ3) is 2.98. The van der Waals surface area contributed by atoms with Crippen LogP contribution in [0.15, 0.2) is 18.3 Å². The number of hydrogen-bond donors (Lipinski definition) is 2. The summed E-state index contributed by atoms with van der Waals surface area (Å²) in [7, 11) is 0. The first-order valence-electron chi connectivity index (χ1n) is 6.35. The fraction of sp³-hybridized carbons (Fsp3) is 0.538. The largest absolute Gasteiger partial charge is 0.476 e. The molecule has 1 aromatic rings. The Bertz CT molecular complexity index is 422. The highest BCUT2D eigenvalue weighted by Gasteiger charge is 2.21. The number of pyridine rings is 1. The number of anilines is 1. The topological polar surface area (TPSA) is 65.5 Å². The third-order valence-electron chi connectivity index (χ3n) is 3.41. The number of aromatic nitrogens is 1. The number of likely N-dealkylation sites (tertiary alicyclic amines) is 1. The second-order valence-electron chi connectivity index (χ2n) is 4.63. The SMILES string of the molecule is CCN1CCC(CNc2cccnc2C(=O)O)C1. The van der Waals surface area contributed by atoms with Gasteiger partial charge < -0.3 is 15.3 Å². The van der Waals surface area contributed by atoms with Crippen LogP contribution in [-0.4, -0.2) is 47.1 Å². The number of carbonyl (C=O) groups is 1. The maximum absolute atomic E-state index is 11.0. The molecule has 1 aliphatic heterocycles. The Morgan fingerprint density at radius 2 is 2.50 bits per heavy atom. The minimum atomic E-state index is -0.986. The van der Waals surface area contributed by atoms with E-state index in [1.54, 1.807) is 12.1 Å². The molecular weight excluding hydrogens is 230 g/mol.